The predicted molar refractivity (Wildman–Crippen MR) is 114 cm³/mol. The molecule has 2 heterocycles. The van der Waals surface area contributed by atoms with Crippen LogP contribution in [0.15, 0.2) is 54.6 Å². The molecule has 0 spiro atoms. The molecule has 7 heteroatoms. The number of aryl methyl sites for hydroxylation is 1. The summed E-state index contributed by atoms with van der Waals surface area (Å²) < 4.78 is 7.14. The van der Waals surface area contributed by atoms with Crippen LogP contribution in [0.5, 0.6) is 0 Å². The molecule has 1 aliphatic carbocycles. The number of fused-ring (bicyclic) bond motifs is 3. The zero-order valence-electron chi connectivity index (χ0n) is 17.2. The second-order valence-electron chi connectivity index (χ2n) is 8.04. The number of ether oxygens (including phenoxy) is 1. The van der Waals surface area contributed by atoms with Crippen LogP contribution in [0.25, 0.3) is 11.1 Å². The van der Waals surface area contributed by atoms with Crippen LogP contribution in [0, 0.1) is 0 Å². The van der Waals surface area contributed by atoms with Gasteiger partial charge in [-0.05, 0) is 41.2 Å². The number of aromatic nitrogens is 2. The Hall–Kier alpha value is -3.61. The zero-order valence-corrected chi connectivity index (χ0v) is 17.2. The lowest BCUT2D eigenvalue weighted by molar-refractivity contribution is 0.0684. The van der Waals surface area contributed by atoms with Crippen molar-refractivity contribution in [2.45, 2.75) is 24.8 Å². The fourth-order valence-corrected chi connectivity index (χ4v) is 4.82. The quantitative estimate of drug-likeness (QED) is 0.688. The number of carbonyl (C=O) groups is 2. The molecule has 7 nitrogen and oxygen atoms in total. The monoisotopic (exact) mass is 417 g/mol. The Bertz CT molecular complexity index is 1120. The molecule has 5 rings (SSSR count). The first-order valence-corrected chi connectivity index (χ1v) is 10.4. The van der Waals surface area contributed by atoms with E-state index in [9.17, 15) is 14.7 Å². The molecule has 0 radical (unpaired) electrons. The molecule has 1 fully saturated rings. The third kappa shape index (κ3) is 3.26. The minimum Gasteiger partial charge on any atom is -0.477 e. The lowest BCUT2D eigenvalue weighted by Crippen LogP contribution is -2.32. The Morgan fingerprint density at radius 3 is 2.35 bits per heavy atom. The van der Waals surface area contributed by atoms with E-state index in [0.717, 1.165) is 12.8 Å². The Morgan fingerprint density at radius 2 is 1.74 bits per heavy atom. The summed E-state index contributed by atoms with van der Waals surface area (Å²) in [5.41, 5.74) is 5.41. The van der Waals surface area contributed by atoms with Crippen molar-refractivity contribution in [2.75, 3.05) is 13.2 Å². The van der Waals surface area contributed by atoms with Gasteiger partial charge in [-0.2, -0.15) is 5.10 Å². The summed E-state index contributed by atoms with van der Waals surface area (Å²) >= 11 is 0. The van der Waals surface area contributed by atoms with Crippen LogP contribution in [-0.4, -0.2) is 45.0 Å². The maximum absolute atomic E-state index is 13.0. The number of nitrogens with zero attached hydrogens (tertiary/aromatic N) is 3. The minimum absolute atomic E-state index is 0.00543. The Labute approximate surface area is 179 Å². The van der Waals surface area contributed by atoms with Crippen molar-refractivity contribution in [3.63, 3.8) is 0 Å². The average molecular weight is 417 g/mol. The van der Waals surface area contributed by atoms with Gasteiger partial charge in [-0.1, -0.05) is 48.5 Å². The van der Waals surface area contributed by atoms with Crippen LogP contribution >= 0.6 is 0 Å². The van der Waals surface area contributed by atoms with Gasteiger partial charge in [0, 0.05) is 19.5 Å². The number of aromatic carboxylic acids is 1. The van der Waals surface area contributed by atoms with E-state index < -0.39 is 5.97 Å². The van der Waals surface area contributed by atoms with Gasteiger partial charge < -0.3 is 9.84 Å². The van der Waals surface area contributed by atoms with Crippen molar-refractivity contribution in [3.8, 4) is 11.1 Å². The minimum atomic E-state index is -1.04. The number of hydrogen-bond donors (Lipinski definition) is 1. The van der Waals surface area contributed by atoms with E-state index in [1.54, 1.807) is 18.0 Å². The number of rotatable bonds is 4. The molecule has 2 aliphatic rings. The third-order valence-electron chi connectivity index (χ3n) is 6.28. The van der Waals surface area contributed by atoms with Crippen molar-refractivity contribution in [2.24, 2.45) is 7.05 Å². The van der Waals surface area contributed by atoms with Gasteiger partial charge in [0.05, 0.1) is 11.7 Å². The molecule has 3 aromatic rings. The Kier molecular flexibility index (Phi) is 4.73. The van der Waals surface area contributed by atoms with Crippen LogP contribution in [0.4, 0.5) is 4.79 Å². The third-order valence-corrected chi connectivity index (χ3v) is 6.28. The second kappa shape index (κ2) is 7.58. The highest BCUT2D eigenvalue weighted by molar-refractivity contribution is 5.85. The average Bonchev–Trinajstić information content (AvgIpc) is 3.48. The van der Waals surface area contributed by atoms with Gasteiger partial charge in [0.15, 0.2) is 0 Å². The fraction of sp³-hybridized carbons (Fsp3) is 0.292. The molecule has 31 heavy (non-hydrogen) atoms. The summed E-state index contributed by atoms with van der Waals surface area (Å²) in [5, 5.41) is 13.6. The van der Waals surface area contributed by atoms with Gasteiger partial charge in [-0.25, -0.2) is 9.59 Å². The predicted octanol–water partition coefficient (Wildman–Crippen LogP) is 4.20. The largest absolute Gasteiger partial charge is 0.477 e. The van der Waals surface area contributed by atoms with E-state index in [1.165, 1.54) is 26.9 Å². The van der Waals surface area contributed by atoms with Gasteiger partial charge in [0.25, 0.3) is 0 Å². The summed E-state index contributed by atoms with van der Waals surface area (Å²) in [6.45, 7) is 0.832. The number of carbonyl (C=O) groups excluding carboxylic acids is 1. The van der Waals surface area contributed by atoms with E-state index in [1.807, 2.05) is 24.3 Å². The van der Waals surface area contributed by atoms with E-state index in [2.05, 4.69) is 29.4 Å². The number of carboxylic acid groups (broad SMARTS) is 1. The molecule has 2 aromatic carbocycles. The van der Waals surface area contributed by atoms with Gasteiger partial charge in [-0.15, -0.1) is 0 Å². The second-order valence-corrected chi connectivity index (χ2v) is 8.04. The molecule has 1 aliphatic heterocycles. The SMILES string of the molecule is Cn1nc(C2CCCN2C(=O)OCC2c3ccccc3-c3ccccc32)cc1C(=O)O. The molecule has 1 N–H and O–H groups in total. The van der Waals surface area contributed by atoms with Crippen LogP contribution in [0.1, 0.15) is 52.1 Å². The van der Waals surface area contributed by atoms with E-state index in [-0.39, 0.29) is 30.4 Å². The van der Waals surface area contributed by atoms with Crippen molar-refractivity contribution in [3.05, 3.63) is 77.1 Å². The number of likely N-dealkylation sites (tertiary alicyclic amines) is 1. The molecule has 1 saturated heterocycles. The van der Waals surface area contributed by atoms with E-state index in [0.29, 0.717) is 12.2 Å². The molecule has 1 atom stereocenters. The summed E-state index contributed by atoms with van der Waals surface area (Å²) in [4.78, 5) is 26.0. The van der Waals surface area contributed by atoms with Crippen LogP contribution in [0.2, 0.25) is 0 Å². The van der Waals surface area contributed by atoms with E-state index >= 15 is 0 Å². The number of hydrogen-bond acceptors (Lipinski definition) is 4. The summed E-state index contributed by atoms with van der Waals surface area (Å²) in [6, 6.07) is 17.7. The summed E-state index contributed by atoms with van der Waals surface area (Å²) in [5.74, 6) is -1.03. The Balaban J connectivity index is 1.34. The maximum atomic E-state index is 13.0. The number of amides is 1. The highest BCUT2D eigenvalue weighted by Gasteiger charge is 2.35. The zero-order chi connectivity index (χ0) is 21.5. The lowest BCUT2D eigenvalue weighted by atomic mass is 9.98. The summed E-state index contributed by atoms with van der Waals surface area (Å²) in [7, 11) is 1.60. The first-order valence-electron chi connectivity index (χ1n) is 10.4. The lowest BCUT2D eigenvalue weighted by Gasteiger charge is -2.24. The maximum Gasteiger partial charge on any atom is 0.410 e. The first kappa shape index (κ1) is 19.4. The van der Waals surface area contributed by atoms with Gasteiger partial charge in [0.2, 0.25) is 0 Å². The number of carboxylic acids is 1. The normalized spacial score (nSPS) is 17.5. The van der Waals surface area contributed by atoms with Gasteiger partial charge in [0.1, 0.15) is 12.3 Å². The molecular weight excluding hydrogens is 394 g/mol. The topological polar surface area (TPSA) is 84.7 Å². The molecule has 0 bridgehead atoms. The van der Waals surface area contributed by atoms with Crippen molar-refractivity contribution >= 4 is 12.1 Å². The molecule has 158 valence electrons. The highest BCUT2D eigenvalue weighted by atomic mass is 16.6. The molecule has 1 unspecified atom stereocenters. The van der Waals surface area contributed by atoms with Crippen LogP contribution in [-0.2, 0) is 11.8 Å². The molecule has 1 amide bonds. The van der Waals surface area contributed by atoms with Crippen LogP contribution < -0.4 is 0 Å². The highest BCUT2D eigenvalue weighted by Crippen LogP contribution is 2.44. The summed E-state index contributed by atoms with van der Waals surface area (Å²) in [6.07, 6.45) is 1.18. The van der Waals surface area contributed by atoms with Crippen molar-refractivity contribution in [1.29, 1.82) is 0 Å². The fourth-order valence-electron chi connectivity index (χ4n) is 4.82. The van der Waals surface area contributed by atoms with Gasteiger partial charge in [-0.3, -0.25) is 9.58 Å². The van der Waals surface area contributed by atoms with Crippen molar-refractivity contribution < 1.29 is 19.4 Å². The standard InChI is InChI=1S/C24H23N3O4/c1-26-22(23(28)29)13-20(25-26)21-11-6-12-27(21)24(30)31-14-19-17-9-4-2-7-15(17)16-8-3-5-10-18(16)19/h2-5,7-10,13,19,21H,6,11-12,14H2,1H3,(H,28,29). The van der Waals surface area contributed by atoms with Crippen molar-refractivity contribution in [1.82, 2.24) is 14.7 Å². The first-order chi connectivity index (χ1) is 15.0. The van der Waals surface area contributed by atoms with E-state index in [4.69, 9.17) is 4.74 Å². The molecule has 0 saturated carbocycles. The van der Waals surface area contributed by atoms with Crippen LogP contribution in [0.3, 0.4) is 0 Å². The molecule has 1 aromatic heterocycles. The Morgan fingerprint density at radius 1 is 1.10 bits per heavy atom. The molecular formula is C24H23N3O4. The number of benzene rings is 2. The smallest absolute Gasteiger partial charge is 0.410 e. The van der Waals surface area contributed by atoms with Gasteiger partial charge >= 0.3 is 12.1 Å².